The van der Waals surface area contributed by atoms with E-state index >= 15 is 0 Å². The largest absolute Gasteiger partial charge is 0.471 e. The summed E-state index contributed by atoms with van der Waals surface area (Å²) >= 11 is 11.9. The number of carbonyl (C=O) groups is 1. The zero-order valence-electron chi connectivity index (χ0n) is 17.3. The number of ether oxygens (including phenoxy) is 1. The van der Waals surface area contributed by atoms with Gasteiger partial charge in [-0.25, -0.2) is 4.68 Å². The van der Waals surface area contributed by atoms with Gasteiger partial charge in [0.1, 0.15) is 18.7 Å². The number of carbonyl (C=O) groups excluding carboxylic acids is 1. The van der Waals surface area contributed by atoms with Crippen LogP contribution in [-0.2, 0) is 22.4 Å². The molecule has 0 aliphatic carbocycles. The van der Waals surface area contributed by atoms with Gasteiger partial charge in [0.05, 0.1) is 22.5 Å². The van der Waals surface area contributed by atoms with Crippen molar-refractivity contribution in [3.63, 3.8) is 0 Å². The van der Waals surface area contributed by atoms with Gasteiger partial charge in [0, 0.05) is 12.6 Å². The topological polar surface area (TPSA) is 77.7 Å². The third-order valence-electron chi connectivity index (χ3n) is 4.42. The van der Waals surface area contributed by atoms with Gasteiger partial charge in [0.2, 0.25) is 0 Å². The maximum absolute atomic E-state index is 13.2. The number of rotatable bonds is 7. The quantitative estimate of drug-likeness (QED) is 0.370. The van der Waals surface area contributed by atoms with E-state index in [0.717, 1.165) is 16.8 Å². The lowest BCUT2D eigenvalue weighted by Gasteiger charge is -2.11. The standard InChI is InChI=1S/C21H17Cl2F3N4O3/c1-27-19(31)18(29-32-2)14-6-4-3-5-12(14)11-33-20-17(23)10-30(28-20)13-7-8-16(22)15(9-13)21(24,25)26/h3-10H,11H2,1-2H3,(H,27,31). The van der Waals surface area contributed by atoms with Gasteiger partial charge in [-0.15, -0.1) is 5.10 Å². The highest BCUT2D eigenvalue weighted by Gasteiger charge is 2.33. The number of alkyl halides is 3. The third kappa shape index (κ3) is 5.58. The van der Waals surface area contributed by atoms with Gasteiger partial charge >= 0.3 is 6.18 Å². The molecule has 0 unspecified atom stereocenters. The van der Waals surface area contributed by atoms with Crippen LogP contribution in [0.25, 0.3) is 5.69 Å². The minimum absolute atomic E-state index is 0.0137. The van der Waals surface area contributed by atoms with Crippen LogP contribution in [0.15, 0.2) is 53.8 Å². The minimum atomic E-state index is -4.63. The lowest BCUT2D eigenvalue weighted by Crippen LogP contribution is -2.29. The highest BCUT2D eigenvalue weighted by atomic mass is 35.5. The van der Waals surface area contributed by atoms with E-state index in [1.807, 2.05) is 0 Å². The van der Waals surface area contributed by atoms with Crippen molar-refractivity contribution in [2.45, 2.75) is 12.8 Å². The van der Waals surface area contributed by atoms with Crippen LogP contribution in [0.3, 0.4) is 0 Å². The molecule has 0 fully saturated rings. The molecule has 0 atom stereocenters. The molecular formula is C21H17Cl2F3N4O3. The monoisotopic (exact) mass is 500 g/mol. The van der Waals surface area contributed by atoms with Crippen LogP contribution in [0, 0.1) is 0 Å². The second-order valence-electron chi connectivity index (χ2n) is 6.54. The molecule has 1 aromatic heterocycles. The maximum Gasteiger partial charge on any atom is 0.417 e. The molecule has 1 amide bonds. The Bertz CT molecular complexity index is 1200. The average Bonchev–Trinajstić information content (AvgIpc) is 3.15. The molecule has 3 aromatic rings. The Hall–Kier alpha value is -3.24. The molecule has 3 rings (SSSR count). The second kappa shape index (κ2) is 10.1. The Morgan fingerprint density at radius 3 is 2.58 bits per heavy atom. The molecule has 0 spiro atoms. The highest BCUT2D eigenvalue weighted by molar-refractivity contribution is 6.45. The average molecular weight is 501 g/mol. The number of benzene rings is 2. The lowest BCUT2D eigenvalue weighted by molar-refractivity contribution is -0.137. The molecule has 0 aliphatic rings. The van der Waals surface area contributed by atoms with Crippen molar-refractivity contribution in [3.05, 3.63) is 75.4 Å². The van der Waals surface area contributed by atoms with Crippen molar-refractivity contribution in [1.82, 2.24) is 15.1 Å². The van der Waals surface area contributed by atoms with Gasteiger partial charge in [-0.3, -0.25) is 4.79 Å². The zero-order valence-corrected chi connectivity index (χ0v) is 18.8. The Morgan fingerprint density at radius 1 is 1.18 bits per heavy atom. The SMILES string of the molecule is CNC(=O)C(=NOC)c1ccccc1COc1nn(-c2ccc(Cl)c(C(F)(F)F)c2)cc1Cl. The first-order valence-corrected chi connectivity index (χ1v) is 10.1. The molecule has 0 radical (unpaired) electrons. The van der Waals surface area contributed by atoms with Gasteiger partial charge in [0.25, 0.3) is 11.8 Å². The number of aromatic nitrogens is 2. The van der Waals surface area contributed by atoms with Gasteiger partial charge in [-0.05, 0) is 23.8 Å². The van der Waals surface area contributed by atoms with E-state index in [-0.39, 0.29) is 28.9 Å². The molecule has 174 valence electrons. The molecule has 0 saturated heterocycles. The van der Waals surface area contributed by atoms with Crippen LogP contribution in [0.5, 0.6) is 5.88 Å². The fraction of sp³-hybridized carbons (Fsp3) is 0.190. The van der Waals surface area contributed by atoms with E-state index in [4.69, 9.17) is 32.8 Å². The zero-order chi connectivity index (χ0) is 24.2. The predicted octanol–water partition coefficient (Wildman–Crippen LogP) is 4.87. The van der Waals surface area contributed by atoms with Crippen molar-refractivity contribution in [3.8, 4) is 11.6 Å². The van der Waals surface area contributed by atoms with Crippen LogP contribution < -0.4 is 10.1 Å². The molecular weight excluding hydrogens is 484 g/mol. The number of amides is 1. The van der Waals surface area contributed by atoms with Crippen LogP contribution >= 0.6 is 23.2 Å². The number of oxime groups is 1. The number of hydrogen-bond acceptors (Lipinski definition) is 5. The number of nitrogens with one attached hydrogen (secondary N) is 1. The Balaban J connectivity index is 1.87. The van der Waals surface area contributed by atoms with E-state index in [1.165, 1.54) is 26.4 Å². The van der Waals surface area contributed by atoms with Crippen molar-refractivity contribution < 1.29 is 27.5 Å². The van der Waals surface area contributed by atoms with E-state index in [9.17, 15) is 18.0 Å². The summed E-state index contributed by atoms with van der Waals surface area (Å²) in [6.07, 6.45) is -3.31. The summed E-state index contributed by atoms with van der Waals surface area (Å²) in [5.74, 6) is -0.477. The van der Waals surface area contributed by atoms with E-state index in [1.54, 1.807) is 24.3 Å². The molecule has 12 heteroatoms. The first-order valence-electron chi connectivity index (χ1n) is 9.32. The summed E-state index contributed by atoms with van der Waals surface area (Å²) in [6.45, 7) is -0.0545. The van der Waals surface area contributed by atoms with Crippen LogP contribution in [0.1, 0.15) is 16.7 Å². The van der Waals surface area contributed by atoms with E-state index < -0.39 is 22.7 Å². The fourth-order valence-corrected chi connectivity index (χ4v) is 3.30. The fourth-order valence-electron chi connectivity index (χ4n) is 2.89. The maximum atomic E-state index is 13.2. The molecule has 33 heavy (non-hydrogen) atoms. The van der Waals surface area contributed by atoms with Crippen LogP contribution in [-0.4, -0.2) is 35.6 Å². The lowest BCUT2D eigenvalue weighted by atomic mass is 10.0. The van der Waals surface area contributed by atoms with Gasteiger partial charge in [0.15, 0.2) is 5.71 Å². The summed E-state index contributed by atoms with van der Waals surface area (Å²) < 4.78 is 46.3. The number of hydrogen-bond donors (Lipinski definition) is 1. The van der Waals surface area contributed by atoms with Crippen molar-refractivity contribution in [2.24, 2.45) is 5.16 Å². The third-order valence-corrected chi connectivity index (χ3v) is 5.01. The van der Waals surface area contributed by atoms with Gasteiger partial charge < -0.3 is 14.9 Å². The van der Waals surface area contributed by atoms with Crippen molar-refractivity contribution >= 4 is 34.8 Å². The molecule has 1 heterocycles. The summed E-state index contributed by atoms with van der Waals surface area (Å²) in [5, 5.41) is 10.0. The molecule has 2 aromatic carbocycles. The summed E-state index contributed by atoms with van der Waals surface area (Å²) in [6, 6.07) is 10.2. The van der Waals surface area contributed by atoms with Gasteiger partial charge in [-0.2, -0.15) is 13.2 Å². The summed E-state index contributed by atoms with van der Waals surface area (Å²) in [7, 11) is 2.77. The van der Waals surface area contributed by atoms with E-state index in [0.29, 0.717) is 11.1 Å². The molecule has 7 nitrogen and oxygen atoms in total. The summed E-state index contributed by atoms with van der Waals surface area (Å²) in [4.78, 5) is 16.9. The predicted molar refractivity (Wildman–Crippen MR) is 117 cm³/mol. The number of halogens is 5. The Kier molecular flexibility index (Phi) is 7.50. The second-order valence-corrected chi connectivity index (χ2v) is 7.35. The van der Waals surface area contributed by atoms with Crippen LogP contribution in [0.4, 0.5) is 13.2 Å². The minimum Gasteiger partial charge on any atom is -0.471 e. The van der Waals surface area contributed by atoms with Crippen molar-refractivity contribution in [2.75, 3.05) is 14.2 Å². The van der Waals surface area contributed by atoms with Gasteiger partial charge in [-0.1, -0.05) is 52.6 Å². The Labute approximate surface area is 196 Å². The summed E-state index contributed by atoms with van der Waals surface area (Å²) in [5.41, 5.74) is 0.175. The molecule has 0 bridgehead atoms. The molecule has 1 N–H and O–H groups in total. The number of nitrogens with zero attached hydrogens (tertiary/aromatic N) is 3. The number of likely N-dealkylation sites (N-methyl/N-ethyl adjacent to an activating group) is 1. The van der Waals surface area contributed by atoms with E-state index in [2.05, 4.69) is 15.6 Å². The highest BCUT2D eigenvalue weighted by Crippen LogP contribution is 2.36. The first kappa shape index (κ1) is 24.4. The Morgan fingerprint density at radius 2 is 1.91 bits per heavy atom. The molecule has 0 saturated carbocycles. The molecule has 0 aliphatic heterocycles. The van der Waals surface area contributed by atoms with Crippen LogP contribution in [0.2, 0.25) is 10.0 Å². The normalized spacial score (nSPS) is 11.9. The first-order chi connectivity index (χ1) is 15.7. The van der Waals surface area contributed by atoms with Crippen molar-refractivity contribution in [1.29, 1.82) is 0 Å². The smallest absolute Gasteiger partial charge is 0.417 e.